The standard InChI is InChI=1S/C13H12N2O2/c16-12-7-4-8-13(17)11(12)9-14-15-10-5-2-1-3-6-10/h1-3,5-6,9H,4,7-8H2. The van der Waals surface area contributed by atoms with Gasteiger partial charge in [0.1, 0.15) is 0 Å². The molecule has 0 radical (unpaired) electrons. The fraction of sp³-hybridized carbons (Fsp3) is 0.231. The molecule has 4 heteroatoms. The topological polar surface area (TPSA) is 58.9 Å². The molecule has 1 aliphatic carbocycles. The number of rotatable bonds is 2. The molecule has 0 spiro atoms. The largest absolute Gasteiger partial charge is 0.294 e. The molecule has 2 rings (SSSR count). The molecule has 4 nitrogen and oxygen atoms in total. The van der Waals surface area contributed by atoms with Crippen LogP contribution in [0.1, 0.15) is 19.3 Å². The number of azo groups is 1. The van der Waals surface area contributed by atoms with Gasteiger partial charge in [0.05, 0.1) is 17.5 Å². The molecule has 0 heterocycles. The lowest BCUT2D eigenvalue weighted by molar-refractivity contribution is -0.123. The van der Waals surface area contributed by atoms with Gasteiger partial charge in [-0.3, -0.25) is 9.59 Å². The Morgan fingerprint density at radius 3 is 2.29 bits per heavy atom. The SMILES string of the molecule is O=C1CCCC(=O)C1=CN=Nc1ccccc1. The maximum atomic E-state index is 11.5. The summed E-state index contributed by atoms with van der Waals surface area (Å²) in [6, 6.07) is 9.17. The number of hydrogen-bond acceptors (Lipinski definition) is 4. The summed E-state index contributed by atoms with van der Waals surface area (Å²) in [6.45, 7) is 0. The second-order valence-electron chi connectivity index (χ2n) is 3.79. The van der Waals surface area contributed by atoms with Crippen molar-refractivity contribution >= 4 is 17.3 Å². The zero-order valence-corrected chi connectivity index (χ0v) is 9.30. The zero-order valence-electron chi connectivity index (χ0n) is 9.30. The van der Waals surface area contributed by atoms with Crippen LogP contribution in [0.25, 0.3) is 0 Å². The summed E-state index contributed by atoms with van der Waals surface area (Å²) in [5.74, 6) is -0.262. The number of allylic oxidation sites excluding steroid dienone is 1. The van der Waals surface area contributed by atoms with Gasteiger partial charge in [0.15, 0.2) is 11.6 Å². The van der Waals surface area contributed by atoms with E-state index in [1.807, 2.05) is 18.2 Å². The Hall–Kier alpha value is -2.10. The zero-order chi connectivity index (χ0) is 12.1. The van der Waals surface area contributed by atoms with Crippen LogP contribution in [0.15, 0.2) is 52.3 Å². The normalized spacial score (nSPS) is 16.6. The number of nitrogens with zero attached hydrogens (tertiary/aromatic N) is 2. The lowest BCUT2D eigenvalue weighted by Crippen LogP contribution is -2.18. The van der Waals surface area contributed by atoms with Crippen molar-refractivity contribution in [2.45, 2.75) is 19.3 Å². The van der Waals surface area contributed by atoms with Crippen LogP contribution in [0.3, 0.4) is 0 Å². The van der Waals surface area contributed by atoms with Gasteiger partial charge in [-0.2, -0.15) is 10.2 Å². The third kappa shape index (κ3) is 2.93. The summed E-state index contributed by atoms with van der Waals surface area (Å²) in [5.41, 5.74) is 0.871. The van der Waals surface area contributed by atoms with E-state index in [-0.39, 0.29) is 17.1 Å². The monoisotopic (exact) mass is 228 g/mol. The van der Waals surface area contributed by atoms with Gasteiger partial charge >= 0.3 is 0 Å². The minimum absolute atomic E-state index is 0.131. The molecule has 0 aromatic heterocycles. The molecule has 0 unspecified atom stereocenters. The van der Waals surface area contributed by atoms with Crippen LogP contribution in [0.5, 0.6) is 0 Å². The highest BCUT2D eigenvalue weighted by Gasteiger charge is 2.22. The average molecular weight is 228 g/mol. The Morgan fingerprint density at radius 1 is 1.00 bits per heavy atom. The first kappa shape index (κ1) is 11.4. The third-order valence-electron chi connectivity index (χ3n) is 2.52. The van der Waals surface area contributed by atoms with Gasteiger partial charge in [0.25, 0.3) is 0 Å². The molecular weight excluding hydrogens is 216 g/mol. The van der Waals surface area contributed by atoms with Crippen LogP contribution in [-0.4, -0.2) is 11.6 Å². The smallest absolute Gasteiger partial charge is 0.168 e. The number of hydrogen-bond donors (Lipinski definition) is 0. The number of carbonyl (C=O) groups is 2. The first-order valence-corrected chi connectivity index (χ1v) is 5.50. The predicted molar refractivity (Wildman–Crippen MR) is 62.9 cm³/mol. The van der Waals surface area contributed by atoms with Crippen molar-refractivity contribution in [2.75, 3.05) is 0 Å². The quantitative estimate of drug-likeness (QED) is 0.444. The molecule has 0 aliphatic heterocycles. The lowest BCUT2D eigenvalue weighted by atomic mass is 9.93. The van der Waals surface area contributed by atoms with Crippen molar-refractivity contribution in [2.24, 2.45) is 10.2 Å². The average Bonchev–Trinajstić information content (AvgIpc) is 2.34. The minimum atomic E-state index is -0.131. The van der Waals surface area contributed by atoms with Gasteiger partial charge in [-0.05, 0) is 18.6 Å². The maximum absolute atomic E-state index is 11.5. The second kappa shape index (κ2) is 5.30. The molecule has 1 aliphatic rings. The molecule has 0 atom stereocenters. The van der Waals surface area contributed by atoms with Crippen LogP contribution < -0.4 is 0 Å². The van der Waals surface area contributed by atoms with E-state index in [2.05, 4.69) is 10.2 Å². The minimum Gasteiger partial charge on any atom is -0.294 e. The molecule has 86 valence electrons. The van der Waals surface area contributed by atoms with Gasteiger partial charge < -0.3 is 0 Å². The van der Waals surface area contributed by atoms with E-state index in [1.54, 1.807) is 12.1 Å². The third-order valence-corrected chi connectivity index (χ3v) is 2.52. The predicted octanol–water partition coefficient (Wildman–Crippen LogP) is 2.98. The molecule has 0 bridgehead atoms. The molecule has 0 saturated heterocycles. The van der Waals surface area contributed by atoms with Gasteiger partial charge in [0.2, 0.25) is 0 Å². The van der Waals surface area contributed by atoms with E-state index in [9.17, 15) is 9.59 Å². The molecule has 0 N–H and O–H groups in total. The van der Waals surface area contributed by atoms with E-state index < -0.39 is 0 Å². The Kier molecular flexibility index (Phi) is 3.55. The fourth-order valence-corrected chi connectivity index (χ4v) is 1.63. The Bertz CT molecular complexity index is 471. The van der Waals surface area contributed by atoms with Crippen LogP contribution in [-0.2, 0) is 9.59 Å². The molecule has 0 amide bonds. The van der Waals surface area contributed by atoms with Crippen LogP contribution in [0.2, 0.25) is 0 Å². The molecule has 1 aromatic carbocycles. The molecular formula is C13H12N2O2. The molecule has 1 aromatic rings. The Morgan fingerprint density at radius 2 is 1.65 bits per heavy atom. The van der Waals surface area contributed by atoms with E-state index in [4.69, 9.17) is 0 Å². The first-order chi connectivity index (χ1) is 8.27. The van der Waals surface area contributed by atoms with Gasteiger partial charge in [0, 0.05) is 12.8 Å². The Balaban J connectivity index is 2.12. The summed E-state index contributed by atoms with van der Waals surface area (Å²) >= 11 is 0. The van der Waals surface area contributed by atoms with Crippen molar-refractivity contribution in [3.8, 4) is 0 Å². The van der Waals surface area contributed by atoms with Gasteiger partial charge in [-0.15, -0.1) is 0 Å². The van der Waals surface area contributed by atoms with Crippen molar-refractivity contribution in [1.82, 2.24) is 0 Å². The summed E-state index contributed by atoms with van der Waals surface area (Å²) in [5, 5.41) is 7.70. The number of ketones is 2. The highest BCUT2D eigenvalue weighted by molar-refractivity contribution is 6.21. The van der Waals surface area contributed by atoms with Gasteiger partial charge in [-0.25, -0.2) is 0 Å². The summed E-state index contributed by atoms with van der Waals surface area (Å²) in [7, 11) is 0. The van der Waals surface area contributed by atoms with E-state index in [1.165, 1.54) is 6.20 Å². The van der Waals surface area contributed by atoms with Crippen LogP contribution in [0, 0.1) is 0 Å². The second-order valence-corrected chi connectivity index (χ2v) is 3.79. The van der Waals surface area contributed by atoms with E-state index in [0.717, 1.165) is 0 Å². The lowest BCUT2D eigenvalue weighted by Gasteiger charge is -2.09. The number of carbonyl (C=O) groups excluding carboxylic acids is 2. The maximum Gasteiger partial charge on any atom is 0.168 e. The number of Topliss-reactive ketones (excluding diaryl/α,β-unsaturated/α-hetero) is 2. The highest BCUT2D eigenvalue weighted by Crippen LogP contribution is 2.17. The summed E-state index contributed by atoms with van der Waals surface area (Å²) in [6.07, 6.45) is 2.78. The van der Waals surface area contributed by atoms with Gasteiger partial charge in [-0.1, -0.05) is 18.2 Å². The molecule has 17 heavy (non-hydrogen) atoms. The molecule has 1 fully saturated rings. The van der Waals surface area contributed by atoms with E-state index in [0.29, 0.717) is 24.9 Å². The first-order valence-electron chi connectivity index (χ1n) is 5.50. The van der Waals surface area contributed by atoms with Crippen molar-refractivity contribution < 1.29 is 9.59 Å². The van der Waals surface area contributed by atoms with Crippen molar-refractivity contribution in [3.63, 3.8) is 0 Å². The fourth-order valence-electron chi connectivity index (χ4n) is 1.63. The van der Waals surface area contributed by atoms with Crippen molar-refractivity contribution in [1.29, 1.82) is 0 Å². The number of benzene rings is 1. The van der Waals surface area contributed by atoms with Crippen molar-refractivity contribution in [3.05, 3.63) is 42.1 Å². The van der Waals surface area contributed by atoms with Crippen LogP contribution in [0.4, 0.5) is 5.69 Å². The van der Waals surface area contributed by atoms with E-state index >= 15 is 0 Å². The highest BCUT2D eigenvalue weighted by atomic mass is 16.1. The summed E-state index contributed by atoms with van der Waals surface area (Å²) < 4.78 is 0. The Labute approximate surface area is 99.1 Å². The van der Waals surface area contributed by atoms with Crippen LogP contribution >= 0.6 is 0 Å². The molecule has 1 saturated carbocycles. The summed E-state index contributed by atoms with van der Waals surface area (Å²) in [4.78, 5) is 22.9.